The normalized spacial score (nSPS) is 11.9. The Labute approximate surface area is 113 Å². The van der Waals surface area contributed by atoms with Crippen molar-refractivity contribution in [1.82, 2.24) is 5.32 Å². The molecule has 1 N–H and O–H groups in total. The zero-order valence-corrected chi connectivity index (χ0v) is 11.7. The largest absolute Gasteiger partial charge is 0.494 e. The average Bonchev–Trinajstić information content (AvgIpc) is 2.36. The number of nitrogens with one attached hydrogen (secondary N) is 1. The van der Waals surface area contributed by atoms with Crippen LogP contribution in [0, 0.1) is 0 Å². The van der Waals surface area contributed by atoms with Crippen LogP contribution < -0.4 is 10.1 Å². The standard InChI is InChI=1S/C14H20ClNO2/c1-3-4-8-18-13-7-5-6-12(9-13)10-16-14(17)11(2)15/h5-7,9,11H,3-4,8,10H2,1-2H3,(H,16,17). The predicted molar refractivity (Wildman–Crippen MR) is 74.0 cm³/mol. The minimum absolute atomic E-state index is 0.158. The topological polar surface area (TPSA) is 38.3 Å². The van der Waals surface area contributed by atoms with Crippen LogP contribution in [0.3, 0.4) is 0 Å². The maximum atomic E-state index is 11.3. The van der Waals surface area contributed by atoms with Crippen molar-refractivity contribution in [3.63, 3.8) is 0 Å². The maximum absolute atomic E-state index is 11.3. The van der Waals surface area contributed by atoms with Gasteiger partial charge in [-0.25, -0.2) is 0 Å². The molecule has 0 saturated heterocycles. The molecule has 0 fully saturated rings. The molecule has 1 atom stereocenters. The molecule has 18 heavy (non-hydrogen) atoms. The molecule has 0 aliphatic heterocycles. The molecule has 1 aromatic carbocycles. The van der Waals surface area contributed by atoms with E-state index in [0.717, 1.165) is 30.8 Å². The lowest BCUT2D eigenvalue weighted by atomic mass is 10.2. The smallest absolute Gasteiger partial charge is 0.238 e. The molecular formula is C14H20ClNO2. The summed E-state index contributed by atoms with van der Waals surface area (Å²) in [5.41, 5.74) is 1.01. The summed E-state index contributed by atoms with van der Waals surface area (Å²) >= 11 is 5.67. The number of alkyl halides is 1. The molecule has 0 spiro atoms. The number of hydrogen-bond acceptors (Lipinski definition) is 2. The van der Waals surface area contributed by atoms with Crippen LogP contribution in [0.1, 0.15) is 32.3 Å². The quantitative estimate of drug-likeness (QED) is 0.610. The highest BCUT2D eigenvalue weighted by Crippen LogP contribution is 2.13. The number of amides is 1. The fourth-order valence-electron chi connectivity index (χ4n) is 1.41. The first-order valence-corrected chi connectivity index (χ1v) is 6.70. The van der Waals surface area contributed by atoms with E-state index in [1.807, 2.05) is 24.3 Å². The first-order chi connectivity index (χ1) is 8.63. The Morgan fingerprint density at radius 1 is 1.50 bits per heavy atom. The van der Waals surface area contributed by atoms with Crippen LogP contribution in [-0.2, 0) is 11.3 Å². The summed E-state index contributed by atoms with van der Waals surface area (Å²) in [7, 11) is 0. The van der Waals surface area contributed by atoms with E-state index >= 15 is 0 Å². The van der Waals surface area contributed by atoms with Crippen molar-refractivity contribution in [3.8, 4) is 5.75 Å². The highest BCUT2D eigenvalue weighted by molar-refractivity contribution is 6.30. The molecule has 1 unspecified atom stereocenters. The van der Waals surface area contributed by atoms with Crippen LogP contribution in [0.2, 0.25) is 0 Å². The highest BCUT2D eigenvalue weighted by Gasteiger charge is 2.08. The molecule has 0 aromatic heterocycles. The van der Waals surface area contributed by atoms with Gasteiger partial charge in [0.2, 0.25) is 5.91 Å². The molecule has 0 aliphatic carbocycles. The second-order valence-corrected chi connectivity index (χ2v) is 4.84. The van der Waals surface area contributed by atoms with Crippen molar-refractivity contribution in [2.24, 2.45) is 0 Å². The Hall–Kier alpha value is -1.22. The number of ether oxygens (including phenoxy) is 1. The summed E-state index contributed by atoms with van der Waals surface area (Å²) in [6.45, 7) is 4.98. The first kappa shape index (κ1) is 14.8. The Bertz CT molecular complexity index is 380. The zero-order chi connectivity index (χ0) is 13.4. The lowest BCUT2D eigenvalue weighted by Gasteiger charge is -2.09. The lowest BCUT2D eigenvalue weighted by molar-refractivity contribution is -0.120. The number of carbonyl (C=O) groups is 1. The lowest BCUT2D eigenvalue weighted by Crippen LogP contribution is -2.28. The molecular weight excluding hydrogens is 250 g/mol. The number of unbranched alkanes of at least 4 members (excludes halogenated alkanes) is 1. The summed E-state index contributed by atoms with van der Waals surface area (Å²) in [6.07, 6.45) is 2.16. The summed E-state index contributed by atoms with van der Waals surface area (Å²) in [6, 6.07) is 7.73. The predicted octanol–water partition coefficient (Wildman–Crippen LogP) is 3.11. The van der Waals surface area contributed by atoms with Gasteiger partial charge in [-0.1, -0.05) is 25.5 Å². The molecule has 0 aliphatic rings. The SMILES string of the molecule is CCCCOc1cccc(CNC(=O)C(C)Cl)c1. The molecule has 1 aromatic rings. The summed E-state index contributed by atoms with van der Waals surface area (Å²) in [4.78, 5) is 11.3. The van der Waals surface area contributed by atoms with Gasteiger partial charge in [-0.2, -0.15) is 0 Å². The van der Waals surface area contributed by atoms with Gasteiger partial charge in [0.1, 0.15) is 11.1 Å². The van der Waals surface area contributed by atoms with Crippen molar-refractivity contribution in [2.75, 3.05) is 6.61 Å². The van der Waals surface area contributed by atoms with E-state index < -0.39 is 5.38 Å². The second kappa shape index (κ2) is 7.98. The van der Waals surface area contributed by atoms with Gasteiger partial charge in [-0.15, -0.1) is 11.6 Å². The van der Waals surface area contributed by atoms with Gasteiger partial charge < -0.3 is 10.1 Å². The minimum atomic E-state index is -0.506. The fraction of sp³-hybridized carbons (Fsp3) is 0.500. The van der Waals surface area contributed by atoms with Crippen LogP contribution in [0.15, 0.2) is 24.3 Å². The molecule has 1 amide bonds. The maximum Gasteiger partial charge on any atom is 0.238 e. The highest BCUT2D eigenvalue weighted by atomic mass is 35.5. The number of hydrogen-bond donors (Lipinski definition) is 1. The van der Waals surface area contributed by atoms with E-state index in [1.54, 1.807) is 6.92 Å². The molecule has 0 bridgehead atoms. The van der Waals surface area contributed by atoms with Crippen molar-refractivity contribution < 1.29 is 9.53 Å². The number of rotatable bonds is 7. The summed E-state index contributed by atoms with van der Waals surface area (Å²) in [5, 5.41) is 2.26. The van der Waals surface area contributed by atoms with Crippen molar-refractivity contribution in [2.45, 2.75) is 38.6 Å². The minimum Gasteiger partial charge on any atom is -0.494 e. The summed E-state index contributed by atoms with van der Waals surface area (Å²) in [5.74, 6) is 0.683. The second-order valence-electron chi connectivity index (χ2n) is 4.18. The number of carbonyl (C=O) groups excluding carboxylic acids is 1. The van der Waals surface area contributed by atoms with Gasteiger partial charge in [-0.05, 0) is 31.0 Å². The van der Waals surface area contributed by atoms with Crippen LogP contribution >= 0.6 is 11.6 Å². The van der Waals surface area contributed by atoms with Crippen molar-refractivity contribution in [3.05, 3.63) is 29.8 Å². The number of halogens is 1. The van der Waals surface area contributed by atoms with Gasteiger partial charge in [0.05, 0.1) is 6.61 Å². The zero-order valence-electron chi connectivity index (χ0n) is 10.9. The van der Waals surface area contributed by atoms with Crippen molar-refractivity contribution >= 4 is 17.5 Å². The Kier molecular flexibility index (Phi) is 6.58. The molecule has 0 radical (unpaired) electrons. The van der Waals surface area contributed by atoms with Gasteiger partial charge in [-0.3, -0.25) is 4.79 Å². The van der Waals surface area contributed by atoms with Gasteiger partial charge in [0, 0.05) is 6.54 Å². The van der Waals surface area contributed by atoms with E-state index in [0.29, 0.717) is 6.54 Å². The van der Waals surface area contributed by atoms with E-state index in [9.17, 15) is 4.79 Å². The molecule has 1 rings (SSSR count). The van der Waals surface area contributed by atoms with E-state index in [1.165, 1.54) is 0 Å². The molecule has 100 valence electrons. The van der Waals surface area contributed by atoms with Gasteiger partial charge in [0.15, 0.2) is 0 Å². The van der Waals surface area contributed by atoms with Crippen LogP contribution in [0.25, 0.3) is 0 Å². The molecule has 0 heterocycles. The first-order valence-electron chi connectivity index (χ1n) is 6.27. The fourth-order valence-corrected chi connectivity index (χ4v) is 1.49. The third-order valence-electron chi connectivity index (χ3n) is 2.49. The van der Waals surface area contributed by atoms with Crippen LogP contribution in [-0.4, -0.2) is 17.9 Å². The van der Waals surface area contributed by atoms with Crippen LogP contribution in [0.5, 0.6) is 5.75 Å². The monoisotopic (exact) mass is 269 g/mol. The van der Waals surface area contributed by atoms with E-state index in [2.05, 4.69) is 12.2 Å². The van der Waals surface area contributed by atoms with E-state index in [-0.39, 0.29) is 5.91 Å². The molecule has 3 nitrogen and oxygen atoms in total. The van der Waals surface area contributed by atoms with Gasteiger partial charge in [0.25, 0.3) is 0 Å². The Balaban J connectivity index is 2.46. The Morgan fingerprint density at radius 3 is 2.94 bits per heavy atom. The van der Waals surface area contributed by atoms with Crippen LogP contribution in [0.4, 0.5) is 0 Å². The molecule has 4 heteroatoms. The van der Waals surface area contributed by atoms with Gasteiger partial charge >= 0.3 is 0 Å². The Morgan fingerprint density at radius 2 is 2.28 bits per heavy atom. The third kappa shape index (κ3) is 5.41. The molecule has 0 saturated carbocycles. The van der Waals surface area contributed by atoms with E-state index in [4.69, 9.17) is 16.3 Å². The third-order valence-corrected chi connectivity index (χ3v) is 2.69. The average molecular weight is 270 g/mol. The summed E-state index contributed by atoms with van der Waals surface area (Å²) < 4.78 is 5.60. The number of benzene rings is 1. The van der Waals surface area contributed by atoms with Crippen molar-refractivity contribution in [1.29, 1.82) is 0 Å².